The smallest absolute Gasteiger partial charge is 0.274 e. The summed E-state index contributed by atoms with van der Waals surface area (Å²) >= 11 is 5.07. The number of hydrogen-bond acceptors (Lipinski definition) is 5. The number of nitrogens with zero attached hydrogens (tertiary/aromatic N) is 3. The monoisotopic (exact) mass is 354 g/mol. The molecule has 1 N–H and O–H groups in total. The molecule has 0 spiro atoms. The molecule has 0 aliphatic carbocycles. The number of carbonyl (C=O) groups is 2. The average molecular weight is 354 g/mol. The number of pyridine rings is 1. The lowest BCUT2D eigenvalue weighted by atomic mass is 10.1. The molecule has 25 heavy (non-hydrogen) atoms. The van der Waals surface area contributed by atoms with Gasteiger partial charge in [0.05, 0.1) is 5.52 Å². The van der Waals surface area contributed by atoms with Crippen LogP contribution in [-0.4, -0.2) is 40.9 Å². The first-order valence-electron chi connectivity index (χ1n) is 7.74. The quantitative estimate of drug-likeness (QED) is 0.662. The molecule has 0 saturated carbocycles. The van der Waals surface area contributed by atoms with Crippen LogP contribution in [0.3, 0.4) is 0 Å². The van der Waals surface area contributed by atoms with Gasteiger partial charge in [0.15, 0.2) is 5.11 Å². The Hall–Kier alpha value is -2.80. The van der Waals surface area contributed by atoms with Gasteiger partial charge >= 0.3 is 0 Å². The van der Waals surface area contributed by atoms with Gasteiger partial charge in [0.25, 0.3) is 5.91 Å². The lowest BCUT2D eigenvalue weighted by Crippen LogP contribution is -2.31. The van der Waals surface area contributed by atoms with Crippen molar-refractivity contribution >= 4 is 51.9 Å². The molecule has 6 nitrogen and oxygen atoms in total. The first-order chi connectivity index (χ1) is 11.8. The molecule has 1 aromatic heterocycles. The van der Waals surface area contributed by atoms with Crippen molar-refractivity contribution < 1.29 is 9.59 Å². The number of anilines is 1. The third kappa shape index (κ3) is 3.10. The number of carbonyl (C=O) groups excluding carboxylic acids is 2. The van der Waals surface area contributed by atoms with E-state index in [0.29, 0.717) is 5.82 Å². The topological polar surface area (TPSA) is 65.5 Å². The van der Waals surface area contributed by atoms with E-state index in [1.54, 1.807) is 6.08 Å². The third-order valence-electron chi connectivity index (χ3n) is 3.91. The van der Waals surface area contributed by atoms with Crippen LogP contribution in [0.5, 0.6) is 0 Å². The van der Waals surface area contributed by atoms with Crippen molar-refractivity contribution in [1.82, 2.24) is 15.2 Å². The molecule has 2 aromatic rings. The van der Waals surface area contributed by atoms with Crippen LogP contribution in [-0.2, 0) is 9.59 Å². The number of nitrogens with one attached hydrogen (secondary N) is 1. The van der Waals surface area contributed by atoms with Crippen LogP contribution in [0.15, 0.2) is 30.0 Å². The summed E-state index contributed by atoms with van der Waals surface area (Å²) in [6, 6.07) is 7.96. The second-order valence-corrected chi connectivity index (χ2v) is 6.52. The van der Waals surface area contributed by atoms with E-state index in [1.165, 1.54) is 11.8 Å². The van der Waals surface area contributed by atoms with Crippen LogP contribution in [0.25, 0.3) is 17.0 Å². The van der Waals surface area contributed by atoms with E-state index in [-0.39, 0.29) is 16.7 Å². The van der Waals surface area contributed by atoms with Crippen molar-refractivity contribution in [1.29, 1.82) is 0 Å². The van der Waals surface area contributed by atoms with Gasteiger partial charge in [-0.3, -0.25) is 19.8 Å². The number of hydrogen-bond donors (Lipinski definition) is 1. The summed E-state index contributed by atoms with van der Waals surface area (Å²) in [4.78, 5) is 31.8. The minimum Gasteiger partial charge on any atom is -0.362 e. The molecule has 2 heterocycles. The Morgan fingerprint density at radius 1 is 1.32 bits per heavy atom. The minimum absolute atomic E-state index is 0.0968. The summed E-state index contributed by atoms with van der Waals surface area (Å²) in [6.07, 6.45) is 1.65. The maximum Gasteiger partial charge on any atom is 0.274 e. The highest BCUT2D eigenvalue weighted by atomic mass is 32.1. The molecular weight excluding hydrogens is 336 g/mol. The molecule has 1 fully saturated rings. The zero-order valence-corrected chi connectivity index (χ0v) is 15.3. The number of rotatable bonds is 2. The lowest BCUT2D eigenvalue weighted by Gasteiger charge is -2.17. The van der Waals surface area contributed by atoms with Crippen LogP contribution in [0.4, 0.5) is 5.82 Å². The van der Waals surface area contributed by atoms with Gasteiger partial charge in [-0.1, -0.05) is 12.1 Å². The molecule has 2 amide bonds. The van der Waals surface area contributed by atoms with E-state index in [9.17, 15) is 9.59 Å². The Morgan fingerprint density at radius 3 is 2.68 bits per heavy atom. The summed E-state index contributed by atoms with van der Waals surface area (Å²) in [5.74, 6) is -0.000921. The molecular formula is C18H18N4O2S. The largest absolute Gasteiger partial charge is 0.362 e. The van der Waals surface area contributed by atoms with Gasteiger partial charge in [0, 0.05) is 32.0 Å². The van der Waals surface area contributed by atoms with Gasteiger partial charge < -0.3 is 4.90 Å². The predicted molar refractivity (Wildman–Crippen MR) is 102 cm³/mol. The highest BCUT2D eigenvalue weighted by Crippen LogP contribution is 2.27. The normalized spacial score (nSPS) is 15.8. The van der Waals surface area contributed by atoms with Crippen LogP contribution < -0.4 is 10.2 Å². The van der Waals surface area contributed by atoms with Crippen molar-refractivity contribution in [2.45, 2.75) is 13.8 Å². The average Bonchev–Trinajstić information content (AvgIpc) is 2.80. The fraction of sp³-hybridized carbons (Fsp3) is 0.222. The zero-order chi connectivity index (χ0) is 18.3. The molecule has 3 rings (SSSR count). The Morgan fingerprint density at radius 2 is 2.04 bits per heavy atom. The number of thiocarbonyl (C=S) groups is 1. The standard InChI is InChI=1S/C18H18N4O2S/c1-10-5-6-12-8-13(16(21(3)4)19-14(12)7-10)9-15-17(24)20-18(25)22(15)11(2)23/h5-9H,1-4H3,(H,20,24,25)/b15-9-. The van der Waals surface area contributed by atoms with Crippen LogP contribution in [0.2, 0.25) is 0 Å². The van der Waals surface area contributed by atoms with Gasteiger partial charge in [0.2, 0.25) is 5.91 Å². The molecule has 0 bridgehead atoms. The molecule has 1 aliphatic heterocycles. The molecule has 7 heteroatoms. The number of aryl methyl sites for hydroxylation is 1. The Bertz CT molecular complexity index is 949. The predicted octanol–water partition coefficient (Wildman–Crippen LogP) is 2.21. The van der Waals surface area contributed by atoms with Crippen molar-refractivity contribution in [2.24, 2.45) is 0 Å². The number of fused-ring (bicyclic) bond motifs is 1. The molecule has 1 saturated heterocycles. The van der Waals surface area contributed by atoms with Crippen molar-refractivity contribution in [2.75, 3.05) is 19.0 Å². The molecule has 128 valence electrons. The fourth-order valence-electron chi connectivity index (χ4n) is 2.77. The molecule has 1 aliphatic rings. The maximum atomic E-state index is 12.2. The van der Waals surface area contributed by atoms with E-state index in [0.717, 1.165) is 22.0 Å². The summed E-state index contributed by atoms with van der Waals surface area (Å²) in [7, 11) is 3.77. The second kappa shape index (κ2) is 6.25. The fourth-order valence-corrected chi connectivity index (χ4v) is 3.09. The number of amides is 2. The van der Waals surface area contributed by atoms with E-state index in [2.05, 4.69) is 5.32 Å². The first-order valence-corrected chi connectivity index (χ1v) is 8.15. The highest BCUT2D eigenvalue weighted by molar-refractivity contribution is 7.80. The van der Waals surface area contributed by atoms with E-state index in [1.807, 2.05) is 50.2 Å². The van der Waals surface area contributed by atoms with Crippen molar-refractivity contribution in [3.63, 3.8) is 0 Å². The zero-order valence-electron chi connectivity index (χ0n) is 14.5. The van der Waals surface area contributed by atoms with Gasteiger partial charge in [0.1, 0.15) is 11.5 Å². The van der Waals surface area contributed by atoms with E-state index >= 15 is 0 Å². The summed E-state index contributed by atoms with van der Waals surface area (Å²) in [5.41, 5.74) is 2.94. The third-order valence-corrected chi connectivity index (χ3v) is 4.19. The molecule has 1 aromatic carbocycles. The lowest BCUT2D eigenvalue weighted by molar-refractivity contribution is -0.125. The van der Waals surface area contributed by atoms with E-state index in [4.69, 9.17) is 17.2 Å². The van der Waals surface area contributed by atoms with Gasteiger partial charge in [-0.15, -0.1) is 0 Å². The Kier molecular flexibility index (Phi) is 4.26. The highest BCUT2D eigenvalue weighted by Gasteiger charge is 2.33. The van der Waals surface area contributed by atoms with Gasteiger partial charge in [-0.05, 0) is 42.9 Å². The SMILES string of the molecule is CC(=O)N1C(=S)NC(=O)/C1=C/c1cc2ccc(C)cc2nc1N(C)C. The Balaban J connectivity index is 2.21. The number of aromatic nitrogens is 1. The molecule has 0 atom stereocenters. The Labute approximate surface area is 151 Å². The first kappa shape index (κ1) is 17.0. The molecule has 0 unspecified atom stereocenters. The van der Waals surface area contributed by atoms with Gasteiger partial charge in [-0.25, -0.2) is 4.98 Å². The van der Waals surface area contributed by atoms with Crippen LogP contribution in [0, 0.1) is 6.92 Å². The summed E-state index contributed by atoms with van der Waals surface area (Å²) in [6.45, 7) is 3.38. The van der Waals surface area contributed by atoms with Crippen LogP contribution >= 0.6 is 12.2 Å². The summed E-state index contributed by atoms with van der Waals surface area (Å²) < 4.78 is 0. The summed E-state index contributed by atoms with van der Waals surface area (Å²) in [5, 5.41) is 3.56. The van der Waals surface area contributed by atoms with Crippen LogP contribution in [0.1, 0.15) is 18.1 Å². The maximum absolute atomic E-state index is 12.2. The van der Waals surface area contributed by atoms with Gasteiger partial charge in [-0.2, -0.15) is 0 Å². The second-order valence-electron chi connectivity index (χ2n) is 6.14. The van der Waals surface area contributed by atoms with E-state index < -0.39 is 5.91 Å². The minimum atomic E-state index is -0.395. The van der Waals surface area contributed by atoms with Crippen molar-refractivity contribution in [3.05, 3.63) is 41.1 Å². The van der Waals surface area contributed by atoms with Crippen molar-refractivity contribution in [3.8, 4) is 0 Å². The number of benzene rings is 1. The molecule has 0 radical (unpaired) electrons.